The molecule has 0 aliphatic heterocycles. The maximum Gasteiger partial charge on any atom is 0.263 e. The summed E-state index contributed by atoms with van der Waals surface area (Å²) in [6.07, 6.45) is 7.84. The van der Waals surface area contributed by atoms with Gasteiger partial charge in [0.25, 0.3) is 5.56 Å². The highest BCUT2D eigenvalue weighted by molar-refractivity contribution is 5.90. The monoisotopic (exact) mass is 459 g/mol. The summed E-state index contributed by atoms with van der Waals surface area (Å²) < 4.78 is 3.15. The van der Waals surface area contributed by atoms with E-state index in [4.69, 9.17) is 4.98 Å². The van der Waals surface area contributed by atoms with Crippen molar-refractivity contribution in [1.82, 2.24) is 29.5 Å². The molecule has 2 N–H and O–H groups in total. The SMILES string of the molecule is Cc1ccc(-n2ncc3c(=O)[nH]c(-n4nc(C)cc4NC(=O)CC4CCCCC4)nc32)c(C)c1. The van der Waals surface area contributed by atoms with Gasteiger partial charge in [0, 0.05) is 12.5 Å². The van der Waals surface area contributed by atoms with Gasteiger partial charge < -0.3 is 5.32 Å². The second kappa shape index (κ2) is 8.89. The summed E-state index contributed by atoms with van der Waals surface area (Å²) in [6, 6.07) is 7.81. The molecular formula is C25H29N7O2. The van der Waals surface area contributed by atoms with E-state index < -0.39 is 0 Å². The molecule has 4 aromatic rings. The molecule has 9 nitrogen and oxygen atoms in total. The number of hydrogen-bond acceptors (Lipinski definition) is 5. The number of aryl methyl sites for hydroxylation is 3. The summed E-state index contributed by atoms with van der Waals surface area (Å²) >= 11 is 0. The van der Waals surface area contributed by atoms with Gasteiger partial charge in [-0.3, -0.25) is 14.6 Å². The van der Waals surface area contributed by atoms with Gasteiger partial charge in [0.05, 0.1) is 17.6 Å². The predicted molar refractivity (Wildman–Crippen MR) is 131 cm³/mol. The van der Waals surface area contributed by atoms with Gasteiger partial charge in [-0.05, 0) is 51.2 Å². The number of rotatable bonds is 5. The normalized spacial score (nSPS) is 14.6. The molecule has 3 heterocycles. The molecule has 176 valence electrons. The van der Waals surface area contributed by atoms with Gasteiger partial charge in [-0.15, -0.1) is 0 Å². The van der Waals surface area contributed by atoms with E-state index in [0.717, 1.165) is 29.7 Å². The Hall–Kier alpha value is -3.75. The number of carbonyl (C=O) groups excluding carboxylic acids is 1. The van der Waals surface area contributed by atoms with Crippen molar-refractivity contribution in [3.05, 3.63) is 57.6 Å². The number of aromatic amines is 1. The van der Waals surface area contributed by atoms with Crippen LogP contribution in [0.25, 0.3) is 22.7 Å². The highest BCUT2D eigenvalue weighted by atomic mass is 16.1. The molecule has 0 atom stereocenters. The summed E-state index contributed by atoms with van der Waals surface area (Å²) in [5.41, 5.74) is 3.84. The molecule has 1 amide bonds. The molecule has 3 aromatic heterocycles. The molecule has 1 aliphatic rings. The van der Waals surface area contributed by atoms with E-state index >= 15 is 0 Å². The minimum Gasteiger partial charge on any atom is -0.310 e. The van der Waals surface area contributed by atoms with Crippen molar-refractivity contribution in [3.8, 4) is 11.6 Å². The van der Waals surface area contributed by atoms with E-state index in [9.17, 15) is 9.59 Å². The lowest BCUT2D eigenvalue weighted by Gasteiger charge is -2.20. The van der Waals surface area contributed by atoms with Gasteiger partial charge in [0.2, 0.25) is 11.9 Å². The summed E-state index contributed by atoms with van der Waals surface area (Å²) in [5, 5.41) is 12.3. The Kier molecular flexibility index (Phi) is 5.77. The van der Waals surface area contributed by atoms with Crippen LogP contribution >= 0.6 is 0 Å². The fourth-order valence-corrected chi connectivity index (χ4v) is 4.82. The first-order valence-electron chi connectivity index (χ1n) is 11.8. The van der Waals surface area contributed by atoms with Gasteiger partial charge in [-0.1, -0.05) is 37.0 Å². The van der Waals surface area contributed by atoms with Gasteiger partial charge in [0.1, 0.15) is 11.2 Å². The van der Waals surface area contributed by atoms with E-state index in [1.54, 1.807) is 10.7 Å². The lowest BCUT2D eigenvalue weighted by Crippen LogP contribution is -2.21. The third-order valence-electron chi connectivity index (χ3n) is 6.50. The number of anilines is 1. The molecule has 1 aliphatic carbocycles. The predicted octanol–water partition coefficient (Wildman–Crippen LogP) is 4.13. The first-order chi connectivity index (χ1) is 16.4. The third kappa shape index (κ3) is 4.25. The zero-order valence-corrected chi connectivity index (χ0v) is 19.8. The first kappa shape index (κ1) is 22.1. The van der Waals surface area contributed by atoms with Crippen molar-refractivity contribution in [2.75, 3.05) is 5.32 Å². The minimum atomic E-state index is -0.316. The average molecular weight is 460 g/mol. The van der Waals surface area contributed by atoms with E-state index in [-0.39, 0.29) is 17.4 Å². The Bertz CT molecular complexity index is 1420. The van der Waals surface area contributed by atoms with Crippen LogP contribution in [0.5, 0.6) is 0 Å². The van der Waals surface area contributed by atoms with Gasteiger partial charge >= 0.3 is 0 Å². The number of H-pyrrole nitrogens is 1. The highest BCUT2D eigenvalue weighted by Crippen LogP contribution is 2.27. The number of fused-ring (bicyclic) bond motifs is 1. The van der Waals surface area contributed by atoms with Crippen LogP contribution in [0.2, 0.25) is 0 Å². The Morgan fingerprint density at radius 2 is 1.91 bits per heavy atom. The molecule has 5 rings (SSSR count). The van der Waals surface area contributed by atoms with Gasteiger partial charge in [0.15, 0.2) is 5.65 Å². The molecule has 1 fully saturated rings. The molecule has 0 spiro atoms. The molecule has 0 bridgehead atoms. The fraction of sp³-hybridized carbons (Fsp3) is 0.400. The molecule has 0 unspecified atom stereocenters. The molecule has 1 aromatic carbocycles. The second-order valence-electron chi connectivity index (χ2n) is 9.31. The quantitative estimate of drug-likeness (QED) is 0.466. The van der Waals surface area contributed by atoms with Crippen LogP contribution in [0.1, 0.15) is 55.3 Å². The standard InChI is InChI=1S/C25H29N7O2/c1-15-9-10-20(16(2)11-15)31-23-19(14-26-31)24(34)29-25(28-23)32-21(12-17(3)30-32)27-22(33)13-18-7-5-4-6-8-18/h9-12,14,18H,4-8,13H2,1-3H3,(H,27,33)(H,28,29,34). The maximum atomic E-state index is 12.9. The average Bonchev–Trinajstić information content (AvgIpc) is 3.38. The number of aromatic nitrogens is 6. The molecular weight excluding hydrogens is 430 g/mol. The Morgan fingerprint density at radius 1 is 1.12 bits per heavy atom. The second-order valence-corrected chi connectivity index (χ2v) is 9.31. The topological polar surface area (TPSA) is 110 Å². The van der Waals surface area contributed by atoms with Crippen LogP contribution in [-0.2, 0) is 4.79 Å². The Balaban J connectivity index is 1.51. The van der Waals surface area contributed by atoms with Crippen molar-refractivity contribution in [1.29, 1.82) is 0 Å². The van der Waals surface area contributed by atoms with Gasteiger partial charge in [-0.25, -0.2) is 4.68 Å². The number of nitrogens with one attached hydrogen (secondary N) is 2. The number of hydrogen-bond donors (Lipinski definition) is 2. The summed E-state index contributed by atoms with van der Waals surface area (Å²) in [5.74, 6) is 1.09. The van der Waals surface area contributed by atoms with Crippen LogP contribution in [0.15, 0.2) is 35.3 Å². The van der Waals surface area contributed by atoms with Crippen LogP contribution in [0.4, 0.5) is 5.82 Å². The van der Waals surface area contributed by atoms with Crippen molar-refractivity contribution in [2.45, 2.75) is 59.3 Å². The smallest absolute Gasteiger partial charge is 0.263 e. The molecule has 1 saturated carbocycles. The molecule has 34 heavy (non-hydrogen) atoms. The Labute approximate surface area is 197 Å². The lowest BCUT2D eigenvalue weighted by molar-refractivity contribution is -0.117. The molecule has 0 saturated heterocycles. The van der Waals surface area contributed by atoms with Crippen molar-refractivity contribution < 1.29 is 4.79 Å². The highest BCUT2D eigenvalue weighted by Gasteiger charge is 2.20. The zero-order chi connectivity index (χ0) is 23.8. The summed E-state index contributed by atoms with van der Waals surface area (Å²) in [4.78, 5) is 33.1. The van der Waals surface area contributed by atoms with E-state index in [1.807, 2.05) is 32.9 Å². The first-order valence-corrected chi connectivity index (χ1v) is 11.8. The Morgan fingerprint density at radius 3 is 2.68 bits per heavy atom. The number of nitrogens with zero attached hydrogens (tertiary/aromatic N) is 5. The van der Waals surface area contributed by atoms with E-state index in [1.165, 1.54) is 30.1 Å². The van der Waals surface area contributed by atoms with Crippen molar-refractivity contribution in [2.24, 2.45) is 5.92 Å². The number of benzene rings is 1. The van der Waals surface area contributed by atoms with E-state index in [2.05, 4.69) is 26.6 Å². The molecule has 0 radical (unpaired) electrons. The van der Waals surface area contributed by atoms with Crippen LogP contribution in [0, 0.1) is 26.7 Å². The maximum absolute atomic E-state index is 12.9. The van der Waals surface area contributed by atoms with Crippen molar-refractivity contribution >= 4 is 22.8 Å². The zero-order valence-electron chi connectivity index (χ0n) is 19.8. The van der Waals surface area contributed by atoms with E-state index in [0.29, 0.717) is 34.9 Å². The summed E-state index contributed by atoms with van der Waals surface area (Å²) in [7, 11) is 0. The van der Waals surface area contributed by atoms with Gasteiger partial charge in [-0.2, -0.15) is 19.9 Å². The van der Waals surface area contributed by atoms with Crippen LogP contribution in [-0.4, -0.2) is 35.4 Å². The van der Waals surface area contributed by atoms with Crippen molar-refractivity contribution in [3.63, 3.8) is 0 Å². The largest absolute Gasteiger partial charge is 0.310 e. The van der Waals surface area contributed by atoms with Crippen LogP contribution in [0.3, 0.4) is 0 Å². The summed E-state index contributed by atoms with van der Waals surface area (Å²) in [6.45, 7) is 5.87. The number of amides is 1. The lowest BCUT2D eigenvalue weighted by atomic mass is 9.87. The fourth-order valence-electron chi connectivity index (χ4n) is 4.82. The minimum absolute atomic E-state index is 0.0446. The number of carbonyl (C=O) groups is 1. The molecule has 9 heteroatoms. The third-order valence-corrected chi connectivity index (χ3v) is 6.50. The van der Waals surface area contributed by atoms with Crippen LogP contribution < -0.4 is 10.9 Å².